The minimum Gasteiger partial charge on any atom is -0.508 e. The van der Waals surface area contributed by atoms with Crippen LogP contribution in [0, 0.1) is 5.92 Å². The number of benzene rings is 1. The third-order valence-corrected chi connectivity index (χ3v) is 4.60. The van der Waals surface area contributed by atoms with Crippen molar-refractivity contribution in [1.29, 1.82) is 0 Å². The highest BCUT2D eigenvalue weighted by Gasteiger charge is 2.56. The number of carboxylic acids is 1. The van der Waals surface area contributed by atoms with Crippen molar-refractivity contribution < 1.29 is 19.8 Å². The van der Waals surface area contributed by atoms with Crippen molar-refractivity contribution in [3.8, 4) is 5.75 Å². The summed E-state index contributed by atoms with van der Waals surface area (Å²) in [7, 11) is 0. The molecule has 2 N–H and O–H groups in total. The van der Waals surface area contributed by atoms with Gasteiger partial charge in [-0.2, -0.15) is 0 Å². The molecular weight excluding hydrogens is 258 g/mol. The molecule has 5 nitrogen and oxygen atoms in total. The summed E-state index contributed by atoms with van der Waals surface area (Å²) in [5.74, 6) is -1.04. The van der Waals surface area contributed by atoms with E-state index >= 15 is 0 Å². The standard InChI is InChI=1S/C15H17NO4/c17-12-3-1-11(2-4-12)13(18)15(14(19)20)9-10-5-7-16(15)8-6-10/h1-4,10,17H,5-9H2,(H,19,20). The molecule has 1 unspecified atom stereocenters. The number of rotatable bonds is 3. The van der Waals surface area contributed by atoms with Gasteiger partial charge < -0.3 is 10.2 Å². The summed E-state index contributed by atoms with van der Waals surface area (Å²) in [5.41, 5.74) is -1.07. The summed E-state index contributed by atoms with van der Waals surface area (Å²) < 4.78 is 0. The zero-order valence-corrected chi connectivity index (χ0v) is 11.1. The van der Waals surface area contributed by atoms with E-state index in [4.69, 9.17) is 0 Å². The molecule has 1 aromatic rings. The minimum absolute atomic E-state index is 0.0661. The van der Waals surface area contributed by atoms with Gasteiger partial charge in [0.25, 0.3) is 0 Å². The summed E-state index contributed by atoms with van der Waals surface area (Å²) >= 11 is 0. The largest absolute Gasteiger partial charge is 0.508 e. The Labute approximate surface area is 116 Å². The van der Waals surface area contributed by atoms with E-state index in [2.05, 4.69) is 0 Å². The van der Waals surface area contributed by atoms with Gasteiger partial charge in [0, 0.05) is 5.56 Å². The van der Waals surface area contributed by atoms with Crippen molar-refractivity contribution in [3.05, 3.63) is 29.8 Å². The first-order valence-corrected chi connectivity index (χ1v) is 6.86. The van der Waals surface area contributed by atoms with Crippen LogP contribution in [0.25, 0.3) is 0 Å². The summed E-state index contributed by atoms with van der Waals surface area (Å²) in [6.45, 7) is 1.33. The number of nitrogens with zero attached hydrogens (tertiary/aromatic N) is 1. The molecule has 2 bridgehead atoms. The molecule has 4 rings (SSSR count). The van der Waals surface area contributed by atoms with Gasteiger partial charge in [-0.1, -0.05) is 0 Å². The lowest BCUT2D eigenvalue weighted by Gasteiger charge is -2.50. The quantitative estimate of drug-likeness (QED) is 0.646. The van der Waals surface area contributed by atoms with E-state index in [0.29, 0.717) is 31.0 Å². The van der Waals surface area contributed by atoms with Crippen LogP contribution in [0.1, 0.15) is 29.6 Å². The Bertz CT molecular complexity index is 545. The minimum atomic E-state index is -1.42. The lowest BCUT2D eigenvalue weighted by molar-refractivity contribution is -0.154. The number of phenols is 1. The lowest BCUT2D eigenvalue weighted by atomic mass is 9.71. The molecule has 0 amide bonds. The Morgan fingerprint density at radius 1 is 1.15 bits per heavy atom. The monoisotopic (exact) mass is 275 g/mol. The van der Waals surface area contributed by atoms with Crippen molar-refractivity contribution >= 4 is 11.8 Å². The molecule has 5 heteroatoms. The number of piperidine rings is 3. The highest BCUT2D eigenvalue weighted by atomic mass is 16.4. The Kier molecular flexibility index (Phi) is 3.01. The first-order chi connectivity index (χ1) is 9.54. The number of carboxylic acid groups (broad SMARTS) is 1. The van der Waals surface area contributed by atoms with Crippen LogP contribution in [0.4, 0.5) is 0 Å². The predicted molar refractivity (Wildman–Crippen MR) is 71.7 cm³/mol. The van der Waals surface area contributed by atoms with Gasteiger partial charge in [0.1, 0.15) is 5.75 Å². The third-order valence-electron chi connectivity index (χ3n) is 4.60. The first-order valence-electron chi connectivity index (χ1n) is 6.86. The highest BCUT2D eigenvalue weighted by molar-refractivity contribution is 6.16. The SMILES string of the molecule is O=C(O)C1(C(=O)c2ccc(O)cc2)CC2CCN1CC2. The molecule has 3 saturated heterocycles. The normalized spacial score (nSPS) is 32.0. The van der Waals surface area contributed by atoms with Crippen LogP contribution in [0.3, 0.4) is 0 Å². The maximum atomic E-state index is 12.8. The Balaban J connectivity index is 2.01. The van der Waals surface area contributed by atoms with E-state index in [9.17, 15) is 19.8 Å². The van der Waals surface area contributed by atoms with Crippen LogP contribution < -0.4 is 0 Å². The number of fused-ring (bicyclic) bond motifs is 3. The molecule has 106 valence electrons. The number of Topliss-reactive ketones (excluding diaryl/α,β-unsaturated/α-hetero) is 1. The molecule has 0 aromatic heterocycles. The molecule has 3 heterocycles. The molecule has 3 aliphatic rings. The van der Waals surface area contributed by atoms with Crippen molar-refractivity contribution in [2.24, 2.45) is 5.92 Å². The summed E-state index contributed by atoms with van der Waals surface area (Å²) in [5, 5.41) is 19.0. The Morgan fingerprint density at radius 3 is 2.20 bits per heavy atom. The number of hydrogen-bond donors (Lipinski definition) is 2. The molecule has 0 spiro atoms. The van der Waals surface area contributed by atoms with Crippen LogP contribution in [0.5, 0.6) is 5.75 Å². The smallest absolute Gasteiger partial charge is 0.332 e. The van der Waals surface area contributed by atoms with Crippen LogP contribution in [0.2, 0.25) is 0 Å². The molecule has 3 aliphatic heterocycles. The van der Waals surface area contributed by atoms with Gasteiger partial charge in [-0.05, 0) is 62.5 Å². The molecule has 3 fully saturated rings. The van der Waals surface area contributed by atoms with Crippen molar-refractivity contribution in [2.75, 3.05) is 13.1 Å². The number of carbonyl (C=O) groups excluding carboxylic acids is 1. The van der Waals surface area contributed by atoms with Crippen LogP contribution >= 0.6 is 0 Å². The van der Waals surface area contributed by atoms with E-state index in [1.807, 2.05) is 4.90 Å². The van der Waals surface area contributed by atoms with Crippen LogP contribution in [-0.2, 0) is 4.79 Å². The Morgan fingerprint density at radius 2 is 1.75 bits per heavy atom. The van der Waals surface area contributed by atoms with Crippen molar-refractivity contribution in [1.82, 2.24) is 4.90 Å². The topological polar surface area (TPSA) is 77.8 Å². The van der Waals surface area contributed by atoms with Crippen LogP contribution in [-0.4, -0.2) is 45.5 Å². The predicted octanol–water partition coefficient (Wildman–Crippen LogP) is 1.51. The van der Waals surface area contributed by atoms with Gasteiger partial charge in [0.15, 0.2) is 11.3 Å². The van der Waals surface area contributed by atoms with Gasteiger partial charge >= 0.3 is 5.97 Å². The van der Waals surface area contributed by atoms with E-state index < -0.39 is 11.5 Å². The van der Waals surface area contributed by atoms with E-state index in [1.54, 1.807) is 0 Å². The molecule has 0 radical (unpaired) electrons. The van der Waals surface area contributed by atoms with E-state index in [-0.39, 0.29) is 11.5 Å². The average Bonchev–Trinajstić information content (AvgIpc) is 2.48. The zero-order chi connectivity index (χ0) is 14.3. The number of phenolic OH excluding ortho intramolecular Hbond substituents is 1. The highest BCUT2D eigenvalue weighted by Crippen LogP contribution is 2.41. The zero-order valence-electron chi connectivity index (χ0n) is 11.1. The van der Waals surface area contributed by atoms with Crippen LogP contribution in [0.15, 0.2) is 24.3 Å². The van der Waals surface area contributed by atoms with Crippen molar-refractivity contribution in [2.45, 2.75) is 24.8 Å². The molecule has 0 aliphatic carbocycles. The molecule has 1 atom stereocenters. The fourth-order valence-electron chi connectivity index (χ4n) is 3.47. The molecule has 0 saturated carbocycles. The van der Waals surface area contributed by atoms with Gasteiger partial charge in [0.05, 0.1) is 0 Å². The van der Waals surface area contributed by atoms with E-state index in [1.165, 1.54) is 24.3 Å². The fourth-order valence-corrected chi connectivity index (χ4v) is 3.47. The lowest BCUT2D eigenvalue weighted by Crippen LogP contribution is -2.66. The molecule has 20 heavy (non-hydrogen) atoms. The summed E-state index contributed by atoms with van der Waals surface area (Å²) in [4.78, 5) is 26.4. The molecular formula is C15H17NO4. The number of hydrogen-bond acceptors (Lipinski definition) is 4. The van der Waals surface area contributed by atoms with Gasteiger partial charge in [-0.25, -0.2) is 4.79 Å². The Hall–Kier alpha value is -1.88. The van der Waals surface area contributed by atoms with Gasteiger partial charge in [-0.3, -0.25) is 9.69 Å². The maximum Gasteiger partial charge on any atom is 0.332 e. The summed E-state index contributed by atoms with van der Waals surface area (Å²) in [6, 6.07) is 5.82. The van der Waals surface area contributed by atoms with Crippen molar-refractivity contribution in [3.63, 3.8) is 0 Å². The third kappa shape index (κ3) is 1.81. The second kappa shape index (κ2) is 4.59. The fraction of sp³-hybridized carbons (Fsp3) is 0.467. The van der Waals surface area contributed by atoms with Gasteiger partial charge in [-0.15, -0.1) is 0 Å². The average molecular weight is 275 g/mol. The summed E-state index contributed by atoms with van der Waals surface area (Å²) in [6.07, 6.45) is 2.33. The number of carbonyl (C=O) groups is 2. The van der Waals surface area contributed by atoms with E-state index in [0.717, 1.165) is 12.8 Å². The number of aromatic hydroxyl groups is 1. The molecule has 1 aromatic carbocycles. The second-order valence-corrected chi connectivity index (χ2v) is 5.68. The first kappa shape index (κ1) is 13.1. The maximum absolute atomic E-state index is 12.8. The second-order valence-electron chi connectivity index (χ2n) is 5.68. The van der Waals surface area contributed by atoms with Gasteiger partial charge in [0.2, 0.25) is 0 Å². The number of ketones is 1. The number of aliphatic carboxylic acids is 1.